The minimum absolute atomic E-state index is 0.105. The van der Waals surface area contributed by atoms with E-state index in [1.165, 1.54) is 11.3 Å². The van der Waals surface area contributed by atoms with Gasteiger partial charge in [-0.25, -0.2) is 0 Å². The Bertz CT molecular complexity index is 410. The zero-order valence-electron chi connectivity index (χ0n) is 11.2. The Labute approximate surface area is 117 Å². The van der Waals surface area contributed by atoms with Gasteiger partial charge in [-0.2, -0.15) is 0 Å². The van der Waals surface area contributed by atoms with Crippen LogP contribution in [0.5, 0.6) is 0 Å². The minimum atomic E-state index is -0.900. The van der Waals surface area contributed by atoms with E-state index in [0.29, 0.717) is 24.3 Å². The van der Waals surface area contributed by atoms with Crippen molar-refractivity contribution in [2.45, 2.75) is 32.3 Å². The molecule has 106 valence electrons. The van der Waals surface area contributed by atoms with Gasteiger partial charge in [-0.1, -0.05) is 6.07 Å². The van der Waals surface area contributed by atoms with Gasteiger partial charge in [-0.05, 0) is 31.7 Å². The molecule has 5 nitrogen and oxygen atoms in total. The van der Waals surface area contributed by atoms with Gasteiger partial charge < -0.3 is 15.7 Å². The molecule has 0 aliphatic heterocycles. The minimum Gasteiger partial charge on any atom is -0.389 e. The molecule has 0 radical (unpaired) electrons. The van der Waals surface area contributed by atoms with Crippen LogP contribution >= 0.6 is 11.3 Å². The molecule has 1 heterocycles. The Morgan fingerprint density at radius 1 is 1.37 bits per heavy atom. The van der Waals surface area contributed by atoms with Crippen LogP contribution in [0.1, 0.15) is 36.4 Å². The number of hydrogen-bond donors (Lipinski definition) is 3. The van der Waals surface area contributed by atoms with E-state index in [1.807, 2.05) is 11.4 Å². The number of amides is 2. The third-order valence-electron chi connectivity index (χ3n) is 2.33. The van der Waals surface area contributed by atoms with Crippen molar-refractivity contribution in [1.82, 2.24) is 10.6 Å². The standard InChI is InChI=1S/C13H20N2O3S/c1-13(2,18)9-15-11(16)6-3-7-14-12(17)10-5-4-8-19-10/h4-5,8,18H,3,6-7,9H2,1-2H3,(H,14,17)(H,15,16). The van der Waals surface area contributed by atoms with Crippen molar-refractivity contribution in [1.29, 1.82) is 0 Å². The molecule has 0 atom stereocenters. The van der Waals surface area contributed by atoms with Crippen LogP contribution in [-0.4, -0.2) is 35.6 Å². The van der Waals surface area contributed by atoms with Crippen LogP contribution in [0.4, 0.5) is 0 Å². The predicted octanol–water partition coefficient (Wildman–Crippen LogP) is 1.15. The molecule has 0 aliphatic carbocycles. The molecule has 0 saturated heterocycles. The zero-order valence-corrected chi connectivity index (χ0v) is 12.0. The summed E-state index contributed by atoms with van der Waals surface area (Å²) in [4.78, 5) is 23.7. The smallest absolute Gasteiger partial charge is 0.261 e. The summed E-state index contributed by atoms with van der Waals surface area (Å²) in [5.74, 6) is -0.223. The Kier molecular flexibility index (Phi) is 5.98. The van der Waals surface area contributed by atoms with E-state index in [4.69, 9.17) is 0 Å². The molecule has 0 fully saturated rings. The molecule has 0 bridgehead atoms. The highest BCUT2D eigenvalue weighted by atomic mass is 32.1. The molecule has 0 aliphatic rings. The van der Waals surface area contributed by atoms with Crippen molar-refractivity contribution in [3.05, 3.63) is 22.4 Å². The fourth-order valence-electron chi connectivity index (χ4n) is 1.35. The number of aliphatic hydroxyl groups is 1. The maximum absolute atomic E-state index is 11.6. The van der Waals surface area contributed by atoms with E-state index in [-0.39, 0.29) is 18.4 Å². The molecule has 1 aromatic heterocycles. The summed E-state index contributed by atoms with van der Waals surface area (Å²) in [6.07, 6.45) is 0.912. The van der Waals surface area contributed by atoms with Gasteiger partial charge in [0.2, 0.25) is 5.91 Å². The molecule has 1 aromatic rings. The molecule has 0 aromatic carbocycles. The van der Waals surface area contributed by atoms with Crippen LogP contribution in [0.25, 0.3) is 0 Å². The average molecular weight is 284 g/mol. The lowest BCUT2D eigenvalue weighted by Crippen LogP contribution is -2.38. The number of carbonyl (C=O) groups excluding carboxylic acids is 2. The van der Waals surface area contributed by atoms with Crippen molar-refractivity contribution in [2.24, 2.45) is 0 Å². The van der Waals surface area contributed by atoms with Gasteiger partial charge in [-0.3, -0.25) is 9.59 Å². The van der Waals surface area contributed by atoms with Gasteiger partial charge in [0.15, 0.2) is 0 Å². The molecule has 6 heteroatoms. The first kappa shape index (κ1) is 15.7. The van der Waals surface area contributed by atoms with E-state index in [1.54, 1.807) is 19.9 Å². The lowest BCUT2D eigenvalue weighted by Gasteiger charge is -2.17. The first-order chi connectivity index (χ1) is 8.88. The van der Waals surface area contributed by atoms with Gasteiger partial charge in [0, 0.05) is 19.5 Å². The molecule has 3 N–H and O–H groups in total. The Balaban J connectivity index is 2.11. The van der Waals surface area contributed by atoms with E-state index in [2.05, 4.69) is 10.6 Å². The van der Waals surface area contributed by atoms with Crippen molar-refractivity contribution >= 4 is 23.2 Å². The molecular formula is C13H20N2O3S. The number of hydrogen-bond acceptors (Lipinski definition) is 4. The zero-order chi connectivity index (χ0) is 14.3. The summed E-state index contributed by atoms with van der Waals surface area (Å²) in [6.45, 7) is 3.96. The Morgan fingerprint density at radius 3 is 2.68 bits per heavy atom. The lowest BCUT2D eigenvalue weighted by atomic mass is 10.1. The van der Waals surface area contributed by atoms with Gasteiger partial charge >= 0.3 is 0 Å². The molecule has 1 rings (SSSR count). The van der Waals surface area contributed by atoms with Gasteiger partial charge in [0.25, 0.3) is 5.91 Å². The maximum Gasteiger partial charge on any atom is 0.261 e. The summed E-state index contributed by atoms with van der Waals surface area (Å²) in [5, 5.41) is 16.7. The van der Waals surface area contributed by atoms with Gasteiger partial charge in [0.1, 0.15) is 0 Å². The van der Waals surface area contributed by atoms with Crippen molar-refractivity contribution in [3.63, 3.8) is 0 Å². The third-order valence-corrected chi connectivity index (χ3v) is 3.20. The Hall–Kier alpha value is -1.40. The first-order valence-electron chi connectivity index (χ1n) is 6.19. The van der Waals surface area contributed by atoms with E-state index < -0.39 is 5.60 Å². The van der Waals surface area contributed by atoms with Crippen molar-refractivity contribution < 1.29 is 14.7 Å². The van der Waals surface area contributed by atoms with E-state index in [9.17, 15) is 14.7 Å². The third kappa shape index (κ3) is 6.93. The predicted molar refractivity (Wildman–Crippen MR) is 75.2 cm³/mol. The van der Waals surface area contributed by atoms with Gasteiger partial charge in [0.05, 0.1) is 10.5 Å². The number of rotatable bonds is 7. The summed E-state index contributed by atoms with van der Waals surface area (Å²) in [6, 6.07) is 3.58. The average Bonchev–Trinajstić information content (AvgIpc) is 2.84. The molecule has 0 saturated carbocycles. The number of thiophene rings is 1. The van der Waals surface area contributed by atoms with Crippen LogP contribution in [0.3, 0.4) is 0 Å². The molecular weight excluding hydrogens is 264 g/mol. The van der Waals surface area contributed by atoms with Crippen LogP contribution in [0, 0.1) is 0 Å². The summed E-state index contributed by atoms with van der Waals surface area (Å²) < 4.78 is 0. The molecule has 0 spiro atoms. The number of carbonyl (C=O) groups is 2. The van der Waals surface area contributed by atoms with Crippen LogP contribution in [-0.2, 0) is 4.79 Å². The maximum atomic E-state index is 11.6. The molecule has 2 amide bonds. The van der Waals surface area contributed by atoms with Crippen molar-refractivity contribution in [3.8, 4) is 0 Å². The quantitative estimate of drug-likeness (QED) is 0.657. The fraction of sp³-hybridized carbons (Fsp3) is 0.538. The second kappa shape index (κ2) is 7.25. The largest absolute Gasteiger partial charge is 0.389 e. The SMILES string of the molecule is CC(C)(O)CNC(=O)CCCNC(=O)c1cccs1. The normalized spacial score (nSPS) is 11.1. The lowest BCUT2D eigenvalue weighted by molar-refractivity contribution is -0.122. The Morgan fingerprint density at radius 2 is 2.11 bits per heavy atom. The van der Waals surface area contributed by atoms with Crippen LogP contribution in [0.2, 0.25) is 0 Å². The fourth-order valence-corrected chi connectivity index (χ4v) is 1.99. The van der Waals surface area contributed by atoms with Gasteiger partial charge in [-0.15, -0.1) is 11.3 Å². The second-order valence-electron chi connectivity index (χ2n) is 4.93. The summed E-state index contributed by atoms with van der Waals surface area (Å²) in [7, 11) is 0. The molecule has 0 unspecified atom stereocenters. The van der Waals surface area contributed by atoms with E-state index >= 15 is 0 Å². The van der Waals surface area contributed by atoms with Crippen LogP contribution < -0.4 is 10.6 Å². The summed E-state index contributed by atoms with van der Waals surface area (Å²) >= 11 is 1.39. The monoisotopic (exact) mass is 284 g/mol. The highest BCUT2D eigenvalue weighted by Crippen LogP contribution is 2.07. The highest BCUT2D eigenvalue weighted by Gasteiger charge is 2.13. The second-order valence-corrected chi connectivity index (χ2v) is 5.87. The van der Waals surface area contributed by atoms with Crippen molar-refractivity contribution in [2.75, 3.05) is 13.1 Å². The topological polar surface area (TPSA) is 78.4 Å². The van der Waals surface area contributed by atoms with E-state index in [0.717, 1.165) is 0 Å². The summed E-state index contributed by atoms with van der Waals surface area (Å²) in [5.41, 5.74) is -0.900. The first-order valence-corrected chi connectivity index (χ1v) is 7.07. The number of nitrogens with one attached hydrogen (secondary N) is 2. The van der Waals surface area contributed by atoms with Crippen LogP contribution in [0.15, 0.2) is 17.5 Å². The molecule has 19 heavy (non-hydrogen) atoms. The highest BCUT2D eigenvalue weighted by molar-refractivity contribution is 7.12.